The summed E-state index contributed by atoms with van der Waals surface area (Å²) in [6.45, 7) is -0.324. The first-order chi connectivity index (χ1) is 5.49. The van der Waals surface area contributed by atoms with Crippen LogP contribution < -0.4 is 0 Å². The van der Waals surface area contributed by atoms with Gasteiger partial charge in [-0.2, -0.15) is 0 Å². The van der Waals surface area contributed by atoms with Crippen molar-refractivity contribution in [1.29, 1.82) is 0 Å². The zero-order valence-corrected chi connectivity index (χ0v) is 8.17. The minimum absolute atomic E-state index is 0.162. The van der Waals surface area contributed by atoms with Gasteiger partial charge in [-0.05, 0) is 0 Å². The van der Waals surface area contributed by atoms with Crippen LogP contribution in [0.15, 0.2) is 0 Å². The molecule has 0 heterocycles. The van der Waals surface area contributed by atoms with Crippen molar-refractivity contribution in [3.05, 3.63) is 0 Å². The first-order valence-corrected chi connectivity index (χ1v) is 6.29. The second-order valence-corrected chi connectivity index (χ2v) is 5.50. The van der Waals surface area contributed by atoms with Crippen molar-refractivity contribution < 1.29 is 24.6 Å². The lowest BCUT2D eigenvalue weighted by atomic mass is 10.2. The lowest BCUT2D eigenvalue weighted by Gasteiger charge is -2.09. The van der Waals surface area contributed by atoms with Crippen LogP contribution in [-0.2, 0) is 4.57 Å². The molecule has 0 amide bonds. The fraction of sp³-hybridized carbons (Fsp3) is 1.00. The molecule has 74 valence electrons. The quantitative estimate of drug-likeness (QED) is 0.445. The Balaban J connectivity index is 3.48. The van der Waals surface area contributed by atoms with Crippen LogP contribution in [0.4, 0.5) is 0 Å². The predicted molar refractivity (Wildman–Crippen MR) is 47.0 cm³/mol. The summed E-state index contributed by atoms with van der Waals surface area (Å²) in [5.74, 6) is 0.0690. The SMILES string of the molecule is O=P(O)(O)CSCC(CO)CO. The smallest absolute Gasteiger partial charge is 0.335 e. The molecule has 0 aromatic rings. The molecule has 0 aliphatic heterocycles. The molecule has 0 radical (unpaired) electrons. The Hall–Kier alpha value is 0.420. The Kier molecular flexibility index (Phi) is 6.17. The molecule has 0 aliphatic rings. The minimum atomic E-state index is -3.94. The van der Waals surface area contributed by atoms with Crippen LogP contribution in [0.25, 0.3) is 0 Å². The average molecular weight is 216 g/mol. The van der Waals surface area contributed by atoms with Crippen molar-refractivity contribution in [2.75, 3.05) is 24.5 Å². The summed E-state index contributed by atoms with van der Waals surface area (Å²) in [7, 11) is -3.94. The molecule has 0 rings (SSSR count). The summed E-state index contributed by atoms with van der Waals surface area (Å²) < 4.78 is 10.3. The molecule has 7 heteroatoms. The normalized spacial score (nSPS) is 12.4. The molecule has 0 aromatic heterocycles. The van der Waals surface area contributed by atoms with Crippen LogP contribution in [0.1, 0.15) is 0 Å². The van der Waals surface area contributed by atoms with Crippen LogP contribution in [0, 0.1) is 5.92 Å². The van der Waals surface area contributed by atoms with E-state index in [0.717, 1.165) is 11.8 Å². The van der Waals surface area contributed by atoms with Gasteiger partial charge in [0.25, 0.3) is 0 Å². The van der Waals surface area contributed by atoms with E-state index in [1.165, 1.54) is 0 Å². The van der Waals surface area contributed by atoms with Gasteiger partial charge >= 0.3 is 7.60 Å². The lowest BCUT2D eigenvalue weighted by molar-refractivity contribution is 0.164. The highest BCUT2D eigenvalue weighted by molar-refractivity contribution is 8.04. The van der Waals surface area contributed by atoms with Crippen molar-refractivity contribution in [2.24, 2.45) is 5.92 Å². The van der Waals surface area contributed by atoms with Crippen LogP contribution in [0.5, 0.6) is 0 Å². The van der Waals surface area contributed by atoms with Crippen LogP contribution in [-0.4, -0.2) is 44.5 Å². The molecule has 4 N–H and O–H groups in total. The summed E-state index contributed by atoms with van der Waals surface area (Å²) in [5, 5.41) is 17.2. The number of rotatable bonds is 6. The van der Waals surface area contributed by atoms with Gasteiger partial charge in [0.05, 0.1) is 5.49 Å². The molecular weight excluding hydrogens is 203 g/mol. The summed E-state index contributed by atoms with van der Waals surface area (Å²) in [6.07, 6.45) is 0. The molecule has 0 atom stereocenters. The molecule has 5 nitrogen and oxygen atoms in total. The van der Waals surface area contributed by atoms with Gasteiger partial charge in [-0.1, -0.05) is 0 Å². The minimum Gasteiger partial charge on any atom is -0.396 e. The van der Waals surface area contributed by atoms with Gasteiger partial charge in [0.1, 0.15) is 0 Å². The predicted octanol–water partition coefficient (Wildman–Crippen LogP) is -0.544. The Bertz CT molecular complexity index is 154. The second kappa shape index (κ2) is 5.96. The highest BCUT2D eigenvalue weighted by Crippen LogP contribution is 2.38. The zero-order valence-electron chi connectivity index (χ0n) is 6.46. The third-order valence-electron chi connectivity index (χ3n) is 1.13. The Morgan fingerprint density at radius 1 is 1.25 bits per heavy atom. The molecule has 0 fully saturated rings. The van der Waals surface area contributed by atoms with Crippen molar-refractivity contribution in [3.8, 4) is 0 Å². The largest absolute Gasteiger partial charge is 0.396 e. The van der Waals surface area contributed by atoms with E-state index in [-0.39, 0.29) is 24.6 Å². The summed E-state index contributed by atoms with van der Waals surface area (Å²) in [5.41, 5.74) is -0.260. The Morgan fingerprint density at radius 2 is 1.75 bits per heavy atom. The first-order valence-electron chi connectivity index (χ1n) is 3.33. The van der Waals surface area contributed by atoms with Crippen LogP contribution in [0.3, 0.4) is 0 Å². The number of thioether (sulfide) groups is 1. The van der Waals surface area contributed by atoms with Crippen molar-refractivity contribution in [1.82, 2.24) is 0 Å². The first kappa shape index (κ1) is 12.4. The Labute approximate surface area is 75.0 Å². The van der Waals surface area contributed by atoms with Crippen molar-refractivity contribution >= 4 is 19.4 Å². The molecule has 0 bridgehead atoms. The summed E-state index contributed by atoms with van der Waals surface area (Å²) in [4.78, 5) is 16.9. The van der Waals surface area contributed by atoms with E-state index in [2.05, 4.69) is 0 Å². The van der Waals surface area contributed by atoms with Gasteiger partial charge in [-0.25, -0.2) is 0 Å². The van der Waals surface area contributed by atoms with E-state index < -0.39 is 7.60 Å². The number of aliphatic hydroxyl groups excluding tert-OH is 2. The maximum absolute atomic E-state index is 10.3. The lowest BCUT2D eigenvalue weighted by Crippen LogP contribution is -2.13. The molecule has 0 aromatic carbocycles. The van der Waals surface area contributed by atoms with E-state index in [4.69, 9.17) is 20.0 Å². The maximum atomic E-state index is 10.3. The monoisotopic (exact) mass is 216 g/mol. The Morgan fingerprint density at radius 3 is 2.08 bits per heavy atom. The van der Waals surface area contributed by atoms with Gasteiger partial charge in [0.2, 0.25) is 0 Å². The number of hydrogen-bond donors (Lipinski definition) is 4. The zero-order chi connectivity index (χ0) is 9.61. The molecule has 0 saturated heterocycles. The van der Waals surface area contributed by atoms with E-state index in [0.29, 0.717) is 5.75 Å². The molecule has 0 aliphatic carbocycles. The molecular formula is C5H13O5PS. The third-order valence-corrected chi connectivity index (χ3v) is 3.91. The van der Waals surface area contributed by atoms with E-state index in [1.54, 1.807) is 0 Å². The maximum Gasteiger partial charge on any atom is 0.335 e. The summed E-state index contributed by atoms with van der Waals surface area (Å²) in [6, 6.07) is 0. The van der Waals surface area contributed by atoms with Crippen LogP contribution >= 0.6 is 19.4 Å². The molecule has 0 unspecified atom stereocenters. The average Bonchev–Trinajstić information content (AvgIpc) is 1.96. The summed E-state index contributed by atoms with van der Waals surface area (Å²) >= 11 is 1.03. The van der Waals surface area contributed by atoms with E-state index in [1.807, 2.05) is 0 Å². The highest BCUT2D eigenvalue weighted by atomic mass is 32.2. The van der Waals surface area contributed by atoms with Gasteiger partial charge in [0.15, 0.2) is 0 Å². The fourth-order valence-electron chi connectivity index (χ4n) is 0.501. The fourth-order valence-corrected chi connectivity index (χ4v) is 2.42. The van der Waals surface area contributed by atoms with Gasteiger partial charge in [-0.15, -0.1) is 11.8 Å². The van der Waals surface area contributed by atoms with Gasteiger partial charge < -0.3 is 20.0 Å². The highest BCUT2D eigenvalue weighted by Gasteiger charge is 2.14. The van der Waals surface area contributed by atoms with Crippen LogP contribution in [0.2, 0.25) is 0 Å². The topological polar surface area (TPSA) is 98.0 Å². The molecule has 0 saturated carbocycles. The number of hydrogen-bond acceptors (Lipinski definition) is 4. The van der Waals surface area contributed by atoms with Gasteiger partial charge in [-0.3, -0.25) is 4.57 Å². The second-order valence-electron chi connectivity index (χ2n) is 2.40. The van der Waals surface area contributed by atoms with E-state index in [9.17, 15) is 4.57 Å². The van der Waals surface area contributed by atoms with Gasteiger partial charge in [0, 0.05) is 24.9 Å². The molecule has 12 heavy (non-hydrogen) atoms. The number of aliphatic hydroxyl groups is 2. The van der Waals surface area contributed by atoms with Crippen molar-refractivity contribution in [2.45, 2.75) is 0 Å². The third kappa shape index (κ3) is 7.09. The molecule has 0 spiro atoms. The van der Waals surface area contributed by atoms with Crippen molar-refractivity contribution in [3.63, 3.8) is 0 Å². The van der Waals surface area contributed by atoms with E-state index >= 15 is 0 Å². The standard InChI is InChI=1S/C5H13O5PS/c6-1-5(2-7)3-12-4-11(8,9)10/h5-7H,1-4H2,(H2,8,9,10).